The lowest BCUT2D eigenvalue weighted by atomic mass is 10.0. The van der Waals surface area contributed by atoms with Crippen LogP contribution in [0.4, 0.5) is 22.7 Å². The maximum atomic E-state index is 11.4. The predicted octanol–water partition coefficient (Wildman–Crippen LogP) is 1.96. The average molecular weight is 287 g/mol. The van der Waals surface area contributed by atoms with Crippen molar-refractivity contribution in [1.82, 2.24) is 9.78 Å². The van der Waals surface area contributed by atoms with Gasteiger partial charge in [0.1, 0.15) is 5.69 Å². The van der Waals surface area contributed by atoms with Gasteiger partial charge in [-0.3, -0.25) is 19.6 Å². The molecule has 1 amide bonds. The minimum Gasteiger partial charge on any atom is -0.347 e. The molecule has 21 heavy (non-hydrogen) atoms. The van der Waals surface area contributed by atoms with E-state index in [2.05, 4.69) is 15.7 Å². The Hall–Kier alpha value is -2.90. The Morgan fingerprint density at radius 3 is 2.90 bits per heavy atom. The lowest BCUT2D eigenvalue weighted by Crippen LogP contribution is -2.19. The van der Waals surface area contributed by atoms with Gasteiger partial charge in [-0.15, -0.1) is 0 Å². The molecule has 1 aliphatic rings. The molecule has 0 radical (unpaired) electrons. The normalized spacial score (nSPS) is 13.5. The van der Waals surface area contributed by atoms with Gasteiger partial charge in [-0.2, -0.15) is 5.10 Å². The van der Waals surface area contributed by atoms with Crippen LogP contribution in [0.2, 0.25) is 0 Å². The molecule has 0 fully saturated rings. The highest BCUT2D eigenvalue weighted by molar-refractivity contribution is 5.95. The number of nitrogens with one attached hydrogen (secondary N) is 2. The number of anilines is 3. The molecule has 2 N–H and O–H groups in total. The second-order valence-electron chi connectivity index (χ2n) is 4.86. The molecule has 0 unspecified atom stereocenters. The van der Waals surface area contributed by atoms with Crippen LogP contribution < -0.4 is 10.6 Å². The van der Waals surface area contributed by atoms with Gasteiger partial charge < -0.3 is 10.6 Å². The number of benzene rings is 1. The standard InChI is InChI=1S/C13H13N5O3/c1-17-7-9(6-14-17)15-11-5-10-8(2-3-13(19)16-10)4-12(11)18(20)21/h4-7,15H,2-3H2,1H3,(H,16,19). The lowest BCUT2D eigenvalue weighted by Gasteiger charge is -2.18. The zero-order valence-corrected chi connectivity index (χ0v) is 11.3. The Morgan fingerprint density at radius 2 is 2.24 bits per heavy atom. The molecule has 108 valence electrons. The van der Waals surface area contributed by atoms with Crippen molar-refractivity contribution in [2.24, 2.45) is 7.05 Å². The first-order chi connectivity index (χ1) is 10.0. The third-order valence-electron chi connectivity index (χ3n) is 3.30. The number of nitro groups is 1. The zero-order chi connectivity index (χ0) is 15.0. The topological polar surface area (TPSA) is 102 Å². The molecular weight excluding hydrogens is 274 g/mol. The second kappa shape index (κ2) is 4.89. The van der Waals surface area contributed by atoms with E-state index in [-0.39, 0.29) is 11.6 Å². The summed E-state index contributed by atoms with van der Waals surface area (Å²) in [6.45, 7) is 0. The van der Waals surface area contributed by atoms with E-state index in [1.807, 2.05) is 0 Å². The van der Waals surface area contributed by atoms with Crippen LogP contribution in [0.25, 0.3) is 0 Å². The summed E-state index contributed by atoms with van der Waals surface area (Å²) in [7, 11) is 1.76. The van der Waals surface area contributed by atoms with Crippen LogP contribution in [0.15, 0.2) is 24.5 Å². The molecule has 8 heteroatoms. The van der Waals surface area contributed by atoms with Crippen molar-refractivity contribution in [3.63, 3.8) is 0 Å². The first kappa shape index (κ1) is 13.1. The summed E-state index contributed by atoms with van der Waals surface area (Å²) in [6.07, 6.45) is 4.14. The number of nitro benzene ring substituents is 1. The Bertz CT molecular complexity index is 737. The van der Waals surface area contributed by atoms with Gasteiger partial charge in [0, 0.05) is 31.4 Å². The molecule has 1 aliphatic heterocycles. The summed E-state index contributed by atoms with van der Waals surface area (Å²) in [5, 5.41) is 20.9. The molecule has 2 heterocycles. The highest BCUT2D eigenvalue weighted by Crippen LogP contribution is 2.35. The van der Waals surface area contributed by atoms with Crippen LogP contribution in [0.5, 0.6) is 0 Å². The number of hydrogen-bond acceptors (Lipinski definition) is 5. The molecule has 0 spiro atoms. The Labute approximate surface area is 119 Å². The summed E-state index contributed by atoms with van der Waals surface area (Å²) < 4.78 is 1.59. The van der Waals surface area contributed by atoms with Crippen molar-refractivity contribution < 1.29 is 9.72 Å². The number of carbonyl (C=O) groups excluding carboxylic acids is 1. The van der Waals surface area contributed by atoms with Gasteiger partial charge in [0.15, 0.2) is 0 Å². The number of rotatable bonds is 3. The van der Waals surface area contributed by atoms with Crippen LogP contribution in [0.1, 0.15) is 12.0 Å². The van der Waals surface area contributed by atoms with E-state index in [1.165, 1.54) is 6.07 Å². The van der Waals surface area contributed by atoms with Crippen molar-refractivity contribution >= 4 is 28.7 Å². The first-order valence-electron chi connectivity index (χ1n) is 6.40. The molecule has 0 saturated heterocycles. The molecule has 2 aromatic rings. The SMILES string of the molecule is Cn1cc(Nc2cc3c(cc2[N+](=O)[O-])CCC(=O)N3)cn1. The third kappa shape index (κ3) is 2.55. The highest BCUT2D eigenvalue weighted by Gasteiger charge is 2.22. The average Bonchev–Trinajstić information content (AvgIpc) is 2.83. The summed E-state index contributed by atoms with van der Waals surface area (Å²) >= 11 is 0. The fraction of sp³-hybridized carbons (Fsp3) is 0.231. The smallest absolute Gasteiger partial charge is 0.293 e. The zero-order valence-electron chi connectivity index (χ0n) is 11.3. The van der Waals surface area contributed by atoms with Gasteiger partial charge in [-0.1, -0.05) is 0 Å². The molecule has 3 rings (SSSR count). The van der Waals surface area contributed by atoms with E-state index in [0.717, 1.165) is 5.56 Å². The molecule has 8 nitrogen and oxygen atoms in total. The quantitative estimate of drug-likeness (QED) is 0.663. The second-order valence-corrected chi connectivity index (χ2v) is 4.86. The number of hydrogen-bond donors (Lipinski definition) is 2. The van der Waals surface area contributed by atoms with Gasteiger partial charge in [-0.25, -0.2) is 0 Å². The predicted molar refractivity (Wildman–Crippen MR) is 76.5 cm³/mol. The number of carbonyl (C=O) groups is 1. The van der Waals surface area contributed by atoms with Crippen LogP contribution in [0.3, 0.4) is 0 Å². The summed E-state index contributed by atoms with van der Waals surface area (Å²) in [4.78, 5) is 22.2. The number of amides is 1. The number of nitrogens with zero attached hydrogens (tertiary/aromatic N) is 3. The van der Waals surface area contributed by atoms with Gasteiger partial charge in [0.05, 0.1) is 16.8 Å². The van der Waals surface area contributed by atoms with Crippen molar-refractivity contribution in [3.05, 3.63) is 40.2 Å². The van der Waals surface area contributed by atoms with E-state index in [0.29, 0.717) is 29.9 Å². The van der Waals surface area contributed by atoms with E-state index in [4.69, 9.17) is 0 Å². The molecule has 1 aromatic carbocycles. The van der Waals surface area contributed by atoms with E-state index in [9.17, 15) is 14.9 Å². The molecule has 0 saturated carbocycles. The molecule has 0 aliphatic carbocycles. The van der Waals surface area contributed by atoms with Crippen molar-refractivity contribution in [2.75, 3.05) is 10.6 Å². The van der Waals surface area contributed by atoms with Gasteiger partial charge in [0.25, 0.3) is 5.69 Å². The molecule has 1 aromatic heterocycles. The minimum absolute atomic E-state index is 0.0197. The Kier molecular flexibility index (Phi) is 3.05. The lowest BCUT2D eigenvalue weighted by molar-refractivity contribution is -0.384. The number of fused-ring (bicyclic) bond motifs is 1. The van der Waals surface area contributed by atoms with Crippen LogP contribution >= 0.6 is 0 Å². The maximum absolute atomic E-state index is 11.4. The Balaban J connectivity index is 2.02. The van der Waals surface area contributed by atoms with E-state index in [1.54, 1.807) is 30.2 Å². The van der Waals surface area contributed by atoms with Crippen molar-refractivity contribution in [3.8, 4) is 0 Å². The maximum Gasteiger partial charge on any atom is 0.293 e. The minimum atomic E-state index is -0.435. The monoisotopic (exact) mass is 287 g/mol. The fourth-order valence-corrected chi connectivity index (χ4v) is 2.31. The largest absolute Gasteiger partial charge is 0.347 e. The van der Waals surface area contributed by atoms with E-state index >= 15 is 0 Å². The highest BCUT2D eigenvalue weighted by atomic mass is 16.6. The summed E-state index contributed by atoms with van der Waals surface area (Å²) in [6, 6.07) is 3.10. The molecule has 0 atom stereocenters. The van der Waals surface area contributed by atoms with Crippen LogP contribution in [-0.4, -0.2) is 20.6 Å². The van der Waals surface area contributed by atoms with Gasteiger partial charge in [0.2, 0.25) is 5.91 Å². The van der Waals surface area contributed by atoms with Gasteiger partial charge in [-0.05, 0) is 18.1 Å². The van der Waals surface area contributed by atoms with Crippen molar-refractivity contribution in [2.45, 2.75) is 12.8 Å². The molecular formula is C13H13N5O3. The number of aryl methyl sites for hydroxylation is 2. The Morgan fingerprint density at radius 1 is 1.43 bits per heavy atom. The number of aromatic nitrogens is 2. The van der Waals surface area contributed by atoms with E-state index < -0.39 is 4.92 Å². The van der Waals surface area contributed by atoms with Crippen LogP contribution in [-0.2, 0) is 18.3 Å². The third-order valence-corrected chi connectivity index (χ3v) is 3.30. The summed E-state index contributed by atoms with van der Waals surface area (Å²) in [5.41, 5.74) is 2.34. The summed E-state index contributed by atoms with van der Waals surface area (Å²) in [5.74, 6) is -0.0799. The van der Waals surface area contributed by atoms with Gasteiger partial charge >= 0.3 is 0 Å². The fourth-order valence-electron chi connectivity index (χ4n) is 2.31. The molecule has 0 bridgehead atoms. The van der Waals surface area contributed by atoms with Crippen molar-refractivity contribution in [1.29, 1.82) is 0 Å². The first-order valence-corrected chi connectivity index (χ1v) is 6.40. The van der Waals surface area contributed by atoms with Crippen LogP contribution in [0, 0.1) is 10.1 Å².